The van der Waals surface area contributed by atoms with Crippen molar-refractivity contribution >= 4 is 43.9 Å². The maximum absolute atomic E-state index is 6.96. The topological polar surface area (TPSA) is 26.3 Å². The third-order valence-electron chi connectivity index (χ3n) is 12.0. The van der Waals surface area contributed by atoms with Crippen LogP contribution in [-0.2, 0) is 0 Å². The van der Waals surface area contributed by atoms with Gasteiger partial charge in [0.15, 0.2) is 0 Å². The van der Waals surface area contributed by atoms with Gasteiger partial charge in [0.2, 0.25) is 0 Å². The van der Waals surface area contributed by atoms with Gasteiger partial charge in [-0.1, -0.05) is 121 Å². The van der Waals surface area contributed by atoms with Crippen LogP contribution >= 0.6 is 0 Å². The van der Waals surface area contributed by atoms with E-state index >= 15 is 0 Å². The molecule has 0 N–H and O–H groups in total. The Morgan fingerprint density at radius 1 is 0.278 bits per heavy atom. The highest BCUT2D eigenvalue weighted by molar-refractivity contribution is 6.21. The lowest BCUT2D eigenvalue weighted by Gasteiger charge is -2.28. The van der Waals surface area contributed by atoms with E-state index in [0.717, 1.165) is 66.1 Å². The van der Waals surface area contributed by atoms with Crippen LogP contribution < -0.4 is 0 Å². The third-order valence-corrected chi connectivity index (χ3v) is 12.0. The van der Waals surface area contributed by atoms with E-state index in [2.05, 4.69) is 173 Å². The normalized spacial score (nSPS) is 12.1. The highest BCUT2D eigenvalue weighted by Gasteiger charge is 2.31. The first-order valence-electron chi connectivity index (χ1n) is 18.8. The van der Waals surface area contributed by atoms with E-state index in [0.29, 0.717) is 0 Å². The van der Waals surface area contributed by atoms with E-state index < -0.39 is 0 Å². The lowest BCUT2D eigenvalue weighted by molar-refractivity contribution is 0.669. The summed E-state index contributed by atoms with van der Waals surface area (Å²) in [6.07, 6.45) is 0. The fraction of sp³-hybridized carbons (Fsp3) is 0.0769. The van der Waals surface area contributed by atoms with Crippen LogP contribution in [0.15, 0.2) is 154 Å². The van der Waals surface area contributed by atoms with E-state index in [1.165, 1.54) is 66.8 Å². The average Bonchev–Trinajstić information content (AvgIpc) is 3.76. The Balaban J connectivity index is 1.37. The summed E-state index contributed by atoms with van der Waals surface area (Å²) in [4.78, 5) is 0. The number of furan rings is 2. The summed E-state index contributed by atoms with van der Waals surface area (Å²) < 4.78 is 13.9. The largest absolute Gasteiger partial charge is 0.455 e. The molecule has 0 fully saturated rings. The van der Waals surface area contributed by atoms with Gasteiger partial charge in [0.05, 0.1) is 0 Å². The van der Waals surface area contributed by atoms with Gasteiger partial charge in [-0.15, -0.1) is 0 Å². The zero-order valence-corrected chi connectivity index (χ0v) is 30.7. The second kappa shape index (κ2) is 11.4. The number of hydrogen-bond donors (Lipinski definition) is 0. The van der Waals surface area contributed by atoms with Crippen LogP contribution in [0, 0.1) is 27.7 Å². The molecular formula is C52H36O2. The smallest absolute Gasteiger partial charge is 0.143 e. The van der Waals surface area contributed by atoms with Crippen molar-refractivity contribution in [2.75, 3.05) is 0 Å². The van der Waals surface area contributed by atoms with Crippen molar-refractivity contribution < 1.29 is 8.83 Å². The van der Waals surface area contributed by atoms with E-state index in [4.69, 9.17) is 8.83 Å². The molecule has 0 amide bonds. The summed E-state index contributed by atoms with van der Waals surface area (Å²) in [7, 11) is 0. The zero-order valence-electron chi connectivity index (χ0n) is 30.7. The molecule has 1 aliphatic carbocycles. The highest BCUT2D eigenvalue weighted by atomic mass is 16.3. The van der Waals surface area contributed by atoms with Gasteiger partial charge < -0.3 is 8.83 Å². The molecule has 0 radical (unpaired) electrons. The Kier molecular flexibility index (Phi) is 6.55. The predicted molar refractivity (Wildman–Crippen MR) is 226 cm³/mol. The molecule has 8 aromatic carbocycles. The number of para-hydroxylation sites is 2. The highest BCUT2D eigenvalue weighted by Crippen LogP contribution is 2.56. The quantitative estimate of drug-likeness (QED) is 0.180. The molecule has 10 aromatic rings. The van der Waals surface area contributed by atoms with Gasteiger partial charge in [0.25, 0.3) is 0 Å². The first-order chi connectivity index (χ1) is 26.5. The van der Waals surface area contributed by atoms with Crippen LogP contribution in [0.2, 0.25) is 0 Å². The summed E-state index contributed by atoms with van der Waals surface area (Å²) in [6.45, 7) is 9.01. The maximum atomic E-state index is 6.96. The van der Waals surface area contributed by atoms with Crippen molar-refractivity contribution in [2.45, 2.75) is 27.7 Å². The van der Waals surface area contributed by atoms with Crippen molar-refractivity contribution in [1.29, 1.82) is 0 Å². The lowest BCUT2D eigenvalue weighted by Crippen LogP contribution is -2.03. The third kappa shape index (κ3) is 4.22. The van der Waals surface area contributed by atoms with Crippen molar-refractivity contribution in [2.24, 2.45) is 0 Å². The molecule has 0 aliphatic heterocycles. The Hall–Kier alpha value is -6.64. The molecular weight excluding hydrogens is 657 g/mol. The first kappa shape index (κ1) is 30.9. The van der Waals surface area contributed by atoms with Gasteiger partial charge in [-0.25, -0.2) is 0 Å². The van der Waals surface area contributed by atoms with Gasteiger partial charge in [0.1, 0.15) is 22.3 Å². The van der Waals surface area contributed by atoms with Gasteiger partial charge in [0, 0.05) is 32.7 Å². The molecule has 2 aromatic heterocycles. The van der Waals surface area contributed by atoms with Crippen LogP contribution in [0.25, 0.3) is 111 Å². The molecule has 2 heteroatoms. The number of benzene rings is 8. The summed E-state index contributed by atoms with van der Waals surface area (Å²) in [6, 6.07) is 52.8. The minimum atomic E-state index is 0.893. The van der Waals surface area contributed by atoms with Crippen molar-refractivity contribution in [3.8, 4) is 66.8 Å². The average molecular weight is 693 g/mol. The van der Waals surface area contributed by atoms with Gasteiger partial charge in [-0.05, 0) is 130 Å². The van der Waals surface area contributed by atoms with Crippen molar-refractivity contribution in [1.82, 2.24) is 0 Å². The summed E-state index contributed by atoms with van der Waals surface area (Å²) in [5, 5.41) is 4.49. The first-order valence-corrected chi connectivity index (χ1v) is 18.8. The van der Waals surface area contributed by atoms with Gasteiger partial charge in [-0.2, -0.15) is 0 Å². The minimum absolute atomic E-state index is 0.893. The number of rotatable bonds is 2. The molecule has 0 spiro atoms. The molecule has 2 heterocycles. The molecule has 54 heavy (non-hydrogen) atoms. The molecule has 0 atom stereocenters. The van der Waals surface area contributed by atoms with Crippen LogP contribution in [0.1, 0.15) is 22.3 Å². The molecule has 0 bridgehead atoms. The standard InChI is InChI=1S/C52H36O2/c1-29-13-5-7-15-33(29)35-21-23-39-40-24-22-36(34-16-8-6-14-30(34)2)32(4)48(40)50-42(26-28-44-38-18-10-12-20-46(38)54-52(44)50)41-25-27-43-37-17-9-11-19-45(37)53-51(43)49(41)47(39)31(35)3/h5-28H,1-4H3. The van der Waals surface area contributed by atoms with E-state index in [-0.39, 0.29) is 0 Å². The van der Waals surface area contributed by atoms with E-state index in [1.807, 2.05) is 0 Å². The molecule has 0 saturated carbocycles. The number of fused-ring (bicyclic) bond motifs is 16. The summed E-state index contributed by atoms with van der Waals surface area (Å²) >= 11 is 0. The maximum Gasteiger partial charge on any atom is 0.143 e. The molecule has 256 valence electrons. The lowest BCUT2D eigenvalue weighted by atomic mass is 9.75. The van der Waals surface area contributed by atoms with Crippen LogP contribution in [0.4, 0.5) is 0 Å². The molecule has 1 aliphatic rings. The molecule has 11 rings (SSSR count). The Morgan fingerprint density at radius 3 is 1.07 bits per heavy atom. The predicted octanol–water partition coefficient (Wildman–Crippen LogP) is 15.0. The Morgan fingerprint density at radius 2 is 0.630 bits per heavy atom. The van der Waals surface area contributed by atoms with Gasteiger partial charge in [-0.3, -0.25) is 0 Å². The van der Waals surface area contributed by atoms with E-state index in [1.54, 1.807) is 0 Å². The van der Waals surface area contributed by atoms with Crippen LogP contribution in [0.3, 0.4) is 0 Å². The minimum Gasteiger partial charge on any atom is -0.455 e. The second-order valence-electron chi connectivity index (χ2n) is 14.9. The number of hydrogen-bond acceptors (Lipinski definition) is 2. The summed E-state index contributed by atoms with van der Waals surface area (Å²) in [5.41, 5.74) is 22.8. The fourth-order valence-corrected chi connectivity index (χ4v) is 9.37. The van der Waals surface area contributed by atoms with E-state index in [9.17, 15) is 0 Å². The van der Waals surface area contributed by atoms with Crippen molar-refractivity contribution in [3.63, 3.8) is 0 Å². The zero-order chi connectivity index (χ0) is 36.2. The monoisotopic (exact) mass is 692 g/mol. The van der Waals surface area contributed by atoms with Crippen LogP contribution in [0.5, 0.6) is 0 Å². The Labute approximate surface area is 313 Å². The van der Waals surface area contributed by atoms with Crippen LogP contribution in [-0.4, -0.2) is 0 Å². The fourth-order valence-electron chi connectivity index (χ4n) is 9.37. The Bertz CT molecular complexity index is 2990. The second-order valence-corrected chi connectivity index (χ2v) is 14.9. The molecule has 0 unspecified atom stereocenters. The SMILES string of the molecule is Cc1ccccc1-c1ccc2c(c1C)-c1c(ccc3c1oc1ccccc13)-c1ccc3c(oc4ccccc43)c1-c1c-2ccc(-c2ccccc2C)c1C. The molecule has 0 saturated heterocycles. The molecule has 2 nitrogen and oxygen atoms in total. The summed E-state index contributed by atoms with van der Waals surface area (Å²) in [5.74, 6) is 0. The van der Waals surface area contributed by atoms with Gasteiger partial charge >= 0.3 is 0 Å². The van der Waals surface area contributed by atoms with Crippen molar-refractivity contribution in [3.05, 3.63) is 168 Å². The number of aryl methyl sites for hydroxylation is 2.